The lowest BCUT2D eigenvalue weighted by molar-refractivity contribution is -0.136. The van der Waals surface area contributed by atoms with Gasteiger partial charge in [0.05, 0.1) is 31.5 Å². The molecule has 2 amide bonds. The molecule has 0 bridgehead atoms. The second kappa shape index (κ2) is 12.4. The van der Waals surface area contributed by atoms with E-state index in [2.05, 4.69) is 37.1 Å². The van der Waals surface area contributed by atoms with E-state index in [1.807, 2.05) is 32.0 Å². The number of allylic oxidation sites excluding steroid dienone is 1. The minimum Gasteiger partial charge on any atom is -0.490 e. The zero-order chi connectivity index (χ0) is 26.2. The van der Waals surface area contributed by atoms with Crippen molar-refractivity contribution in [1.29, 1.82) is 0 Å². The van der Waals surface area contributed by atoms with E-state index in [0.717, 1.165) is 15.6 Å². The Hall–Kier alpha value is -3.57. The number of urea groups is 1. The summed E-state index contributed by atoms with van der Waals surface area (Å²) in [6.07, 6.45) is 0.514. The SMILES string of the molecule is CCOc1cc([C@H]2NC(=O)NC(C)=C2C(=O)OC)ccc1OC[C@@H](O)N/N=C/c1ccc(C)c(Br)c1. The van der Waals surface area contributed by atoms with Crippen LogP contribution >= 0.6 is 15.9 Å². The Morgan fingerprint density at radius 1 is 1.22 bits per heavy atom. The monoisotopic (exact) mass is 560 g/mol. The van der Waals surface area contributed by atoms with Gasteiger partial charge in [0.2, 0.25) is 0 Å². The number of carbonyl (C=O) groups excluding carboxylic acids is 2. The lowest BCUT2D eigenvalue weighted by Crippen LogP contribution is -2.45. The molecule has 1 aliphatic heterocycles. The number of esters is 1. The van der Waals surface area contributed by atoms with Gasteiger partial charge in [-0.25, -0.2) is 9.59 Å². The number of aliphatic hydroxyl groups excluding tert-OH is 1. The summed E-state index contributed by atoms with van der Waals surface area (Å²) in [6, 6.07) is 9.67. The number of carbonyl (C=O) groups is 2. The number of ether oxygens (including phenoxy) is 3. The molecule has 10 nitrogen and oxygen atoms in total. The van der Waals surface area contributed by atoms with Crippen molar-refractivity contribution in [2.75, 3.05) is 20.3 Å². The fourth-order valence-electron chi connectivity index (χ4n) is 3.51. The Morgan fingerprint density at radius 3 is 2.69 bits per heavy atom. The summed E-state index contributed by atoms with van der Waals surface area (Å²) >= 11 is 3.47. The molecule has 2 aromatic rings. The van der Waals surface area contributed by atoms with Gasteiger partial charge in [0.1, 0.15) is 6.61 Å². The molecule has 192 valence electrons. The second-order valence-electron chi connectivity index (χ2n) is 7.92. The van der Waals surface area contributed by atoms with Gasteiger partial charge >= 0.3 is 12.0 Å². The Kier molecular flexibility index (Phi) is 9.31. The van der Waals surface area contributed by atoms with Crippen LogP contribution in [0.3, 0.4) is 0 Å². The van der Waals surface area contributed by atoms with Crippen LogP contribution < -0.4 is 25.5 Å². The first-order valence-corrected chi connectivity index (χ1v) is 12.0. The molecule has 0 spiro atoms. The number of rotatable bonds is 10. The molecule has 1 heterocycles. The Bertz CT molecular complexity index is 1180. The smallest absolute Gasteiger partial charge is 0.337 e. The highest BCUT2D eigenvalue weighted by atomic mass is 79.9. The van der Waals surface area contributed by atoms with Gasteiger partial charge in [0, 0.05) is 10.2 Å². The molecule has 0 aliphatic carbocycles. The van der Waals surface area contributed by atoms with Crippen LogP contribution in [0.2, 0.25) is 0 Å². The molecule has 11 heteroatoms. The van der Waals surface area contributed by atoms with Crippen LogP contribution in [-0.2, 0) is 9.53 Å². The number of hydrogen-bond donors (Lipinski definition) is 4. The van der Waals surface area contributed by atoms with Crippen molar-refractivity contribution >= 4 is 34.1 Å². The zero-order valence-corrected chi connectivity index (χ0v) is 22.0. The van der Waals surface area contributed by atoms with Crippen LogP contribution in [0.25, 0.3) is 0 Å². The van der Waals surface area contributed by atoms with E-state index in [0.29, 0.717) is 29.4 Å². The van der Waals surface area contributed by atoms with Crippen LogP contribution in [0.5, 0.6) is 11.5 Å². The van der Waals surface area contributed by atoms with Gasteiger partial charge in [-0.3, -0.25) is 5.43 Å². The van der Waals surface area contributed by atoms with Gasteiger partial charge in [0.15, 0.2) is 17.7 Å². The standard InChI is InChI=1S/C25H29BrN4O6/c1-5-35-20-11-17(23-22(24(32)34-4)15(3)28-25(33)29-23)8-9-19(20)36-13-21(31)30-27-12-16-7-6-14(2)18(26)10-16/h6-12,21,23,30-31H,5,13H2,1-4H3,(H2,28,29,33)/b27-12+/t21-,23-/m1/s1. The highest BCUT2D eigenvalue weighted by molar-refractivity contribution is 9.10. The molecular weight excluding hydrogens is 532 g/mol. The molecular formula is C25H29BrN4O6. The van der Waals surface area contributed by atoms with Crippen LogP contribution in [0.1, 0.15) is 36.6 Å². The molecule has 36 heavy (non-hydrogen) atoms. The van der Waals surface area contributed by atoms with E-state index in [-0.39, 0.29) is 12.2 Å². The number of hydrogen-bond acceptors (Lipinski definition) is 8. The third-order valence-corrected chi connectivity index (χ3v) is 6.16. The average Bonchev–Trinajstić information content (AvgIpc) is 2.84. The summed E-state index contributed by atoms with van der Waals surface area (Å²) in [5.41, 5.74) is 5.88. The summed E-state index contributed by atoms with van der Waals surface area (Å²) < 4.78 is 17.3. The number of nitrogens with zero attached hydrogens (tertiary/aromatic N) is 1. The van der Waals surface area contributed by atoms with E-state index in [4.69, 9.17) is 14.2 Å². The topological polar surface area (TPSA) is 131 Å². The Labute approximate surface area is 217 Å². The van der Waals surface area contributed by atoms with E-state index in [1.165, 1.54) is 7.11 Å². The normalized spacial score (nSPS) is 16.3. The number of halogens is 1. The molecule has 0 saturated heterocycles. The summed E-state index contributed by atoms with van der Waals surface area (Å²) in [5.74, 6) is 0.217. The van der Waals surface area contributed by atoms with Gasteiger partial charge in [-0.1, -0.05) is 34.1 Å². The second-order valence-corrected chi connectivity index (χ2v) is 8.78. The van der Waals surface area contributed by atoms with Gasteiger partial charge in [-0.05, 0) is 55.7 Å². The third kappa shape index (κ3) is 6.76. The highest BCUT2D eigenvalue weighted by Crippen LogP contribution is 2.34. The summed E-state index contributed by atoms with van der Waals surface area (Å²) in [4.78, 5) is 24.4. The summed E-state index contributed by atoms with van der Waals surface area (Å²) in [6.45, 7) is 5.69. The van der Waals surface area contributed by atoms with Crippen molar-refractivity contribution in [1.82, 2.24) is 16.1 Å². The molecule has 0 aromatic heterocycles. The lowest BCUT2D eigenvalue weighted by Gasteiger charge is -2.28. The molecule has 4 N–H and O–H groups in total. The Balaban J connectivity index is 1.70. The van der Waals surface area contributed by atoms with Crippen molar-refractivity contribution in [3.8, 4) is 11.5 Å². The van der Waals surface area contributed by atoms with Gasteiger partial charge in [0.25, 0.3) is 0 Å². The third-order valence-electron chi connectivity index (χ3n) is 5.31. The molecule has 0 saturated carbocycles. The molecule has 0 radical (unpaired) electrons. The quantitative estimate of drug-likeness (QED) is 0.152. The average molecular weight is 561 g/mol. The van der Waals surface area contributed by atoms with Gasteiger partial charge in [-0.15, -0.1) is 0 Å². The predicted octanol–water partition coefficient (Wildman–Crippen LogP) is 3.28. The summed E-state index contributed by atoms with van der Waals surface area (Å²) in [5, 5.41) is 19.6. The summed E-state index contributed by atoms with van der Waals surface area (Å²) in [7, 11) is 1.28. The van der Waals surface area contributed by atoms with E-state index in [1.54, 1.807) is 31.3 Å². The molecule has 0 fully saturated rings. The van der Waals surface area contributed by atoms with Crippen molar-refractivity contribution in [2.45, 2.75) is 33.0 Å². The number of hydrazone groups is 1. The zero-order valence-electron chi connectivity index (χ0n) is 20.4. The number of amides is 2. The van der Waals surface area contributed by atoms with Gasteiger partial charge in [-0.2, -0.15) is 5.10 Å². The first-order valence-electron chi connectivity index (χ1n) is 11.2. The molecule has 2 atom stereocenters. The molecule has 1 aliphatic rings. The van der Waals surface area contributed by atoms with E-state index in [9.17, 15) is 14.7 Å². The van der Waals surface area contributed by atoms with Crippen molar-refractivity contribution in [2.24, 2.45) is 5.10 Å². The Morgan fingerprint density at radius 2 is 2.00 bits per heavy atom. The molecule has 0 unspecified atom stereocenters. The molecule has 3 rings (SSSR count). The number of benzene rings is 2. The highest BCUT2D eigenvalue weighted by Gasteiger charge is 2.32. The lowest BCUT2D eigenvalue weighted by atomic mass is 9.95. The van der Waals surface area contributed by atoms with Crippen LogP contribution in [0.4, 0.5) is 4.79 Å². The maximum atomic E-state index is 12.4. The van der Waals surface area contributed by atoms with Crippen LogP contribution in [0.15, 0.2) is 57.2 Å². The van der Waals surface area contributed by atoms with Crippen molar-refractivity contribution in [3.05, 3.63) is 68.8 Å². The van der Waals surface area contributed by atoms with Crippen LogP contribution in [-0.4, -0.2) is 49.9 Å². The van der Waals surface area contributed by atoms with Crippen molar-refractivity contribution < 1.29 is 28.9 Å². The van der Waals surface area contributed by atoms with E-state index < -0.39 is 24.3 Å². The number of aliphatic hydroxyl groups is 1. The number of aryl methyl sites for hydroxylation is 1. The largest absolute Gasteiger partial charge is 0.490 e. The predicted molar refractivity (Wildman–Crippen MR) is 138 cm³/mol. The van der Waals surface area contributed by atoms with Crippen LogP contribution in [0, 0.1) is 6.92 Å². The first-order chi connectivity index (χ1) is 17.2. The molecule has 2 aromatic carbocycles. The van der Waals surface area contributed by atoms with Gasteiger partial charge < -0.3 is 30.0 Å². The fourth-order valence-corrected chi connectivity index (χ4v) is 3.91. The number of methoxy groups -OCH3 is 1. The number of nitrogens with one attached hydrogen (secondary N) is 3. The van der Waals surface area contributed by atoms with Crippen molar-refractivity contribution in [3.63, 3.8) is 0 Å². The first kappa shape index (κ1) is 27.0. The minimum absolute atomic E-state index is 0.106. The van der Waals surface area contributed by atoms with E-state index >= 15 is 0 Å². The maximum Gasteiger partial charge on any atom is 0.337 e. The minimum atomic E-state index is -1.08. The maximum absolute atomic E-state index is 12.4. The fraction of sp³-hybridized carbons (Fsp3) is 0.320.